The molecule has 45 heavy (non-hydrogen) atoms. The average Bonchev–Trinajstić information content (AvgIpc) is 3.64. The first-order valence-corrected chi connectivity index (χ1v) is 15.4. The molecule has 1 atom stereocenters. The summed E-state index contributed by atoms with van der Waals surface area (Å²) in [5.74, 6) is 0.548. The van der Waals surface area contributed by atoms with E-state index in [-0.39, 0.29) is 11.7 Å². The Hall–Kier alpha value is -4.71. The summed E-state index contributed by atoms with van der Waals surface area (Å²) in [6.07, 6.45) is -2.45. The van der Waals surface area contributed by atoms with E-state index in [1.165, 1.54) is 52.2 Å². The highest BCUT2D eigenvalue weighted by molar-refractivity contribution is 7.07. The molecule has 0 saturated heterocycles. The monoisotopic (exact) mass is 634 g/mol. The van der Waals surface area contributed by atoms with E-state index in [1.807, 2.05) is 53.3 Å². The van der Waals surface area contributed by atoms with Crippen molar-refractivity contribution in [3.63, 3.8) is 0 Å². The van der Waals surface area contributed by atoms with Gasteiger partial charge in [0, 0.05) is 29.1 Å². The molecule has 2 aromatic heterocycles. The van der Waals surface area contributed by atoms with Gasteiger partial charge in [0.25, 0.3) is 0 Å². The number of hydrogen-bond acceptors (Lipinski definition) is 5. The molecular weight excluding hydrogens is 601 g/mol. The van der Waals surface area contributed by atoms with Crippen molar-refractivity contribution in [1.82, 2.24) is 24.6 Å². The van der Waals surface area contributed by atoms with Crippen molar-refractivity contribution in [1.29, 1.82) is 0 Å². The zero-order valence-corrected chi connectivity index (χ0v) is 26.1. The van der Waals surface area contributed by atoms with Crippen LogP contribution in [0.15, 0.2) is 89.5 Å². The lowest BCUT2D eigenvalue weighted by Gasteiger charge is -2.16. The lowest BCUT2D eigenvalue weighted by molar-refractivity contribution is -0.274. The van der Waals surface area contributed by atoms with Gasteiger partial charge in [-0.3, -0.25) is 4.57 Å². The predicted octanol–water partition coefficient (Wildman–Crippen LogP) is 7.92. The molecule has 0 fully saturated rings. The Labute approximate surface area is 262 Å². The summed E-state index contributed by atoms with van der Waals surface area (Å²) in [5.41, 5.74) is 5.60. The Balaban J connectivity index is 1.25. The van der Waals surface area contributed by atoms with Crippen LogP contribution in [0.5, 0.6) is 5.75 Å². The van der Waals surface area contributed by atoms with Gasteiger partial charge in [0.05, 0.1) is 11.4 Å². The number of aromatic nitrogens is 4. The van der Waals surface area contributed by atoms with Crippen molar-refractivity contribution < 1.29 is 22.7 Å². The van der Waals surface area contributed by atoms with Gasteiger partial charge in [-0.25, -0.2) is 14.5 Å². The maximum atomic E-state index is 13.0. The summed E-state index contributed by atoms with van der Waals surface area (Å²) in [6, 6.07) is 21.0. The van der Waals surface area contributed by atoms with E-state index >= 15 is 0 Å². The molecule has 3 aromatic carbocycles. The largest absolute Gasteiger partial charge is 0.573 e. The van der Waals surface area contributed by atoms with Crippen molar-refractivity contribution in [3.8, 4) is 28.5 Å². The normalized spacial score (nSPS) is 12.8. The van der Waals surface area contributed by atoms with E-state index in [1.54, 1.807) is 0 Å². The third kappa shape index (κ3) is 7.69. The first-order chi connectivity index (χ1) is 21.5. The first kappa shape index (κ1) is 31.7. The van der Waals surface area contributed by atoms with Gasteiger partial charge < -0.3 is 10.1 Å². The van der Waals surface area contributed by atoms with Crippen LogP contribution in [-0.4, -0.2) is 38.3 Å². The van der Waals surface area contributed by atoms with Crippen LogP contribution in [0.1, 0.15) is 55.8 Å². The van der Waals surface area contributed by atoms with E-state index in [2.05, 4.69) is 58.0 Å². The second kappa shape index (κ2) is 13.5. The fourth-order valence-corrected chi connectivity index (χ4v) is 5.87. The Kier molecular flexibility index (Phi) is 9.52. The van der Waals surface area contributed by atoms with Crippen LogP contribution in [0, 0.1) is 6.92 Å². The fraction of sp³-hybridized carbons (Fsp3) is 0.273. The van der Waals surface area contributed by atoms with Gasteiger partial charge in [-0.2, -0.15) is 4.99 Å². The number of carbonyl (C=O) groups is 1. The Bertz CT molecular complexity index is 1820. The Morgan fingerprint density at radius 1 is 1.04 bits per heavy atom. The van der Waals surface area contributed by atoms with Crippen LogP contribution in [0.25, 0.3) is 22.8 Å². The number of benzene rings is 3. The van der Waals surface area contributed by atoms with Gasteiger partial charge in [-0.1, -0.05) is 63.2 Å². The van der Waals surface area contributed by atoms with Gasteiger partial charge in [-0.05, 0) is 60.7 Å². The number of hydrogen-bond donors (Lipinski definition) is 1. The average molecular weight is 635 g/mol. The molecule has 12 heteroatoms. The van der Waals surface area contributed by atoms with E-state index in [0.29, 0.717) is 28.8 Å². The maximum absolute atomic E-state index is 13.0. The highest BCUT2D eigenvalue weighted by Gasteiger charge is 2.31. The zero-order valence-electron chi connectivity index (χ0n) is 25.2. The van der Waals surface area contributed by atoms with Gasteiger partial charge in [0.2, 0.25) is 0 Å². The van der Waals surface area contributed by atoms with E-state index in [4.69, 9.17) is 0 Å². The SMILES string of the molecule is CCC(CNC(=O)/N=c1\scc(C)n1-c1ccccc1C(C)C)c1ccc(-c2ncn(-c3ccc(OC(F)(F)F)cc3)n2)cc1. The van der Waals surface area contributed by atoms with Crippen LogP contribution in [0.4, 0.5) is 18.0 Å². The molecule has 1 N–H and O–H groups in total. The molecule has 0 spiro atoms. The molecule has 0 bridgehead atoms. The van der Waals surface area contributed by atoms with Gasteiger partial charge >= 0.3 is 12.4 Å². The minimum atomic E-state index is -4.75. The number of urea groups is 1. The summed E-state index contributed by atoms with van der Waals surface area (Å²) in [6.45, 7) is 8.79. The minimum absolute atomic E-state index is 0.0695. The van der Waals surface area contributed by atoms with Crippen molar-refractivity contribution in [2.75, 3.05) is 6.54 Å². The molecule has 2 amide bonds. The molecule has 8 nitrogen and oxygen atoms in total. The van der Waals surface area contributed by atoms with Crippen LogP contribution >= 0.6 is 11.3 Å². The second-order valence-corrected chi connectivity index (χ2v) is 11.6. The number of nitrogens with zero attached hydrogens (tertiary/aromatic N) is 5. The number of alkyl halides is 3. The summed E-state index contributed by atoms with van der Waals surface area (Å²) >= 11 is 1.43. The van der Waals surface area contributed by atoms with Gasteiger partial charge in [0.15, 0.2) is 10.6 Å². The predicted molar refractivity (Wildman–Crippen MR) is 168 cm³/mol. The van der Waals surface area contributed by atoms with E-state index in [9.17, 15) is 18.0 Å². The molecule has 0 radical (unpaired) electrons. The minimum Gasteiger partial charge on any atom is -0.406 e. The zero-order chi connectivity index (χ0) is 32.1. The summed E-state index contributed by atoms with van der Waals surface area (Å²) in [5, 5.41) is 9.45. The topological polar surface area (TPSA) is 86.3 Å². The number of ether oxygens (including phenoxy) is 1. The molecule has 5 rings (SSSR count). The maximum Gasteiger partial charge on any atom is 0.573 e. The van der Waals surface area contributed by atoms with Gasteiger partial charge in [0.1, 0.15) is 12.1 Å². The van der Waals surface area contributed by atoms with E-state index < -0.39 is 12.4 Å². The standard InChI is InChI=1S/C33H33F3N6O2S/c1-5-23(18-37-31(43)39-32-42(22(4)19-45-32)29-9-7-6-8-28(29)21(2)3)24-10-12-25(13-11-24)30-38-20-41(40-30)26-14-16-27(17-15-26)44-33(34,35)36/h6-17,19-21,23H,5,18H2,1-4H3,(H,37,43)/b39-32-. The van der Waals surface area contributed by atoms with Crippen LogP contribution in [-0.2, 0) is 0 Å². The summed E-state index contributed by atoms with van der Waals surface area (Å²) in [7, 11) is 0. The molecule has 5 aromatic rings. The Morgan fingerprint density at radius 2 is 1.76 bits per heavy atom. The van der Waals surface area contributed by atoms with E-state index in [0.717, 1.165) is 28.9 Å². The molecule has 0 aliphatic heterocycles. The van der Waals surface area contributed by atoms with Crippen molar-refractivity contribution >= 4 is 17.4 Å². The first-order valence-electron chi connectivity index (χ1n) is 14.5. The number of carbonyl (C=O) groups excluding carboxylic acids is 1. The number of thiazole rings is 1. The second-order valence-electron chi connectivity index (χ2n) is 10.8. The lowest BCUT2D eigenvalue weighted by Crippen LogP contribution is -2.28. The molecule has 0 aliphatic carbocycles. The van der Waals surface area contributed by atoms with Gasteiger partial charge in [-0.15, -0.1) is 29.6 Å². The number of rotatable bonds is 9. The third-order valence-corrected chi connectivity index (χ3v) is 8.28. The number of amides is 2. The smallest absolute Gasteiger partial charge is 0.406 e. The summed E-state index contributed by atoms with van der Waals surface area (Å²) < 4.78 is 44.8. The Morgan fingerprint density at radius 3 is 2.42 bits per heavy atom. The number of aryl methyl sites for hydroxylation is 1. The lowest BCUT2D eigenvalue weighted by atomic mass is 9.95. The van der Waals surface area contributed by atoms with Crippen molar-refractivity contribution in [2.45, 2.75) is 52.3 Å². The molecule has 1 unspecified atom stereocenters. The highest BCUT2D eigenvalue weighted by Crippen LogP contribution is 2.26. The number of halogens is 3. The molecule has 234 valence electrons. The molecule has 2 heterocycles. The molecule has 0 saturated carbocycles. The van der Waals surface area contributed by atoms with Crippen LogP contribution in [0.2, 0.25) is 0 Å². The molecular formula is C33H33F3N6O2S. The number of nitrogens with one attached hydrogen (secondary N) is 1. The fourth-order valence-electron chi connectivity index (χ4n) is 5.00. The number of para-hydroxylation sites is 1. The summed E-state index contributed by atoms with van der Waals surface area (Å²) in [4.78, 5) is 22.3. The van der Waals surface area contributed by atoms with Crippen LogP contribution < -0.4 is 14.9 Å². The highest BCUT2D eigenvalue weighted by atomic mass is 32.1. The van der Waals surface area contributed by atoms with Crippen molar-refractivity contribution in [3.05, 3.63) is 106 Å². The molecule has 0 aliphatic rings. The van der Waals surface area contributed by atoms with Crippen LogP contribution in [0.3, 0.4) is 0 Å². The quantitative estimate of drug-likeness (QED) is 0.179. The van der Waals surface area contributed by atoms with Crippen molar-refractivity contribution in [2.24, 2.45) is 4.99 Å². The third-order valence-electron chi connectivity index (χ3n) is 7.34.